The Morgan fingerprint density at radius 2 is 1.74 bits per heavy atom. The zero-order valence-corrected chi connectivity index (χ0v) is 20.8. The maximum absolute atomic E-state index is 6.22. The first-order valence-electron chi connectivity index (χ1n) is 10.9. The number of benzene rings is 2. The first-order valence-corrected chi connectivity index (χ1v) is 11.3. The smallest absolute Gasteiger partial charge is 0.158 e. The van der Waals surface area contributed by atoms with Crippen LogP contribution < -0.4 is 14.8 Å². The van der Waals surface area contributed by atoms with Gasteiger partial charge in [-0.1, -0.05) is 11.6 Å². The third-order valence-corrected chi connectivity index (χ3v) is 6.01. The Balaban J connectivity index is 1.57. The Hall–Kier alpha value is -4.11. The standard InChI is InChI=1S/C25H24ClN7O2/c1-14-10-20-23(30-25(32(20)3)16-6-8-18(26)21(11-16)34-4)24(28-14)29-17-7-9-19(22(12-17)35-5)33-13-27-15(2)31-33/h6-13H,1-5H3,(H,28,29). The summed E-state index contributed by atoms with van der Waals surface area (Å²) in [7, 11) is 5.20. The average molecular weight is 490 g/mol. The second-order valence-electron chi connectivity index (χ2n) is 8.07. The van der Waals surface area contributed by atoms with E-state index in [4.69, 9.17) is 31.0 Å². The molecule has 35 heavy (non-hydrogen) atoms. The Labute approximate surface area is 207 Å². The van der Waals surface area contributed by atoms with Gasteiger partial charge in [-0.25, -0.2) is 19.6 Å². The summed E-state index contributed by atoms with van der Waals surface area (Å²) in [6.45, 7) is 3.80. The SMILES string of the molecule is COc1cc(-c2nc3c(Nc4ccc(-n5cnc(C)n5)c(OC)c4)nc(C)cc3n2C)ccc1Cl. The van der Waals surface area contributed by atoms with E-state index in [0.29, 0.717) is 28.2 Å². The normalized spacial score (nSPS) is 11.1. The van der Waals surface area contributed by atoms with E-state index in [9.17, 15) is 0 Å². The topological polar surface area (TPSA) is 91.9 Å². The van der Waals surface area contributed by atoms with Crippen molar-refractivity contribution >= 4 is 34.1 Å². The minimum atomic E-state index is 0.549. The van der Waals surface area contributed by atoms with E-state index in [1.807, 2.05) is 67.9 Å². The number of aryl methyl sites for hydroxylation is 3. The molecule has 3 aromatic heterocycles. The highest BCUT2D eigenvalue weighted by Gasteiger charge is 2.17. The predicted molar refractivity (Wildman–Crippen MR) is 136 cm³/mol. The van der Waals surface area contributed by atoms with Gasteiger partial charge >= 0.3 is 0 Å². The van der Waals surface area contributed by atoms with Crippen molar-refractivity contribution in [2.75, 3.05) is 19.5 Å². The molecule has 0 bridgehead atoms. The lowest BCUT2D eigenvalue weighted by molar-refractivity contribution is 0.412. The highest BCUT2D eigenvalue weighted by molar-refractivity contribution is 6.32. The molecular weight excluding hydrogens is 466 g/mol. The molecule has 0 spiro atoms. The molecule has 10 heteroatoms. The minimum Gasteiger partial charge on any atom is -0.495 e. The summed E-state index contributed by atoms with van der Waals surface area (Å²) in [5.74, 6) is 3.36. The van der Waals surface area contributed by atoms with Crippen LogP contribution in [0.5, 0.6) is 11.5 Å². The average Bonchev–Trinajstić information content (AvgIpc) is 3.43. The number of rotatable bonds is 6. The first kappa shape index (κ1) is 22.7. The van der Waals surface area contributed by atoms with E-state index in [-0.39, 0.29) is 0 Å². The zero-order valence-electron chi connectivity index (χ0n) is 20.0. The molecule has 0 saturated carbocycles. The van der Waals surface area contributed by atoms with E-state index in [2.05, 4.69) is 15.4 Å². The number of methoxy groups -OCH3 is 2. The Morgan fingerprint density at radius 3 is 2.46 bits per heavy atom. The van der Waals surface area contributed by atoms with Crippen molar-refractivity contribution in [3.63, 3.8) is 0 Å². The molecule has 0 amide bonds. The van der Waals surface area contributed by atoms with E-state index < -0.39 is 0 Å². The fourth-order valence-corrected chi connectivity index (χ4v) is 4.19. The second kappa shape index (κ2) is 8.92. The van der Waals surface area contributed by atoms with E-state index in [1.165, 1.54) is 0 Å². The minimum absolute atomic E-state index is 0.549. The molecule has 5 aromatic rings. The van der Waals surface area contributed by atoms with Gasteiger partial charge in [0.25, 0.3) is 0 Å². The van der Waals surface area contributed by atoms with Crippen molar-refractivity contribution in [1.82, 2.24) is 29.3 Å². The predicted octanol–water partition coefficient (Wildman–Crippen LogP) is 5.25. The summed E-state index contributed by atoms with van der Waals surface area (Å²) in [6.07, 6.45) is 1.66. The molecule has 2 aromatic carbocycles. The van der Waals surface area contributed by atoms with E-state index >= 15 is 0 Å². The molecule has 0 saturated heterocycles. The summed E-state index contributed by atoms with van der Waals surface area (Å²) >= 11 is 6.22. The molecule has 178 valence electrons. The van der Waals surface area contributed by atoms with Gasteiger partial charge in [-0.15, -0.1) is 0 Å². The number of hydrogen-bond donors (Lipinski definition) is 1. The van der Waals surface area contributed by atoms with Gasteiger partial charge in [0.15, 0.2) is 5.82 Å². The van der Waals surface area contributed by atoms with Crippen LogP contribution in [0.15, 0.2) is 48.8 Å². The van der Waals surface area contributed by atoms with Crippen molar-refractivity contribution in [2.24, 2.45) is 7.05 Å². The van der Waals surface area contributed by atoms with Crippen LogP contribution >= 0.6 is 11.6 Å². The van der Waals surface area contributed by atoms with Gasteiger partial charge in [-0.3, -0.25) is 0 Å². The second-order valence-corrected chi connectivity index (χ2v) is 8.48. The Kier molecular flexibility index (Phi) is 5.78. The number of ether oxygens (including phenoxy) is 2. The van der Waals surface area contributed by atoms with Crippen LogP contribution in [0.3, 0.4) is 0 Å². The maximum Gasteiger partial charge on any atom is 0.158 e. The van der Waals surface area contributed by atoms with Crippen molar-refractivity contribution in [1.29, 1.82) is 0 Å². The van der Waals surface area contributed by atoms with Gasteiger partial charge < -0.3 is 19.4 Å². The molecule has 0 unspecified atom stereocenters. The molecule has 9 nitrogen and oxygen atoms in total. The van der Waals surface area contributed by atoms with Gasteiger partial charge in [0.1, 0.15) is 40.7 Å². The lowest BCUT2D eigenvalue weighted by atomic mass is 10.2. The molecule has 0 fully saturated rings. The first-order chi connectivity index (χ1) is 16.9. The number of pyridine rings is 1. The maximum atomic E-state index is 6.22. The summed E-state index contributed by atoms with van der Waals surface area (Å²) < 4.78 is 14.7. The third-order valence-electron chi connectivity index (χ3n) is 5.70. The fourth-order valence-electron chi connectivity index (χ4n) is 4.00. The summed E-state index contributed by atoms with van der Waals surface area (Å²) in [5, 5.41) is 8.34. The highest BCUT2D eigenvalue weighted by atomic mass is 35.5. The number of nitrogens with one attached hydrogen (secondary N) is 1. The van der Waals surface area contributed by atoms with Crippen molar-refractivity contribution < 1.29 is 9.47 Å². The Bertz CT molecular complexity index is 1560. The van der Waals surface area contributed by atoms with Gasteiger partial charge in [-0.2, -0.15) is 5.10 Å². The number of nitrogens with zero attached hydrogens (tertiary/aromatic N) is 6. The third kappa shape index (κ3) is 4.15. The summed E-state index contributed by atoms with van der Waals surface area (Å²) in [5.41, 5.74) is 5.05. The molecule has 5 rings (SSSR count). The fraction of sp³-hybridized carbons (Fsp3) is 0.200. The van der Waals surface area contributed by atoms with Crippen LogP contribution in [-0.2, 0) is 7.05 Å². The molecule has 0 aliphatic rings. The number of fused-ring (bicyclic) bond motifs is 1. The largest absolute Gasteiger partial charge is 0.495 e. The van der Waals surface area contributed by atoms with Crippen LogP contribution in [0.2, 0.25) is 5.02 Å². The number of imidazole rings is 1. The van der Waals surface area contributed by atoms with Crippen molar-refractivity contribution in [3.05, 3.63) is 65.3 Å². The zero-order chi connectivity index (χ0) is 24.7. The Morgan fingerprint density at radius 1 is 0.943 bits per heavy atom. The van der Waals surface area contributed by atoms with Crippen LogP contribution in [0.1, 0.15) is 11.5 Å². The van der Waals surface area contributed by atoms with Crippen LogP contribution in [0.25, 0.3) is 28.1 Å². The quantitative estimate of drug-likeness (QED) is 0.348. The van der Waals surface area contributed by atoms with Crippen LogP contribution in [-0.4, -0.2) is 43.5 Å². The summed E-state index contributed by atoms with van der Waals surface area (Å²) in [6, 6.07) is 13.4. The molecule has 0 atom stereocenters. The van der Waals surface area contributed by atoms with Crippen molar-refractivity contribution in [3.8, 4) is 28.6 Å². The molecule has 1 N–H and O–H groups in total. The molecule has 0 aliphatic carbocycles. The van der Waals surface area contributed by atoms with Crippen molar-refractivity contribution in [2.45, 2.75) is 13.8 Å². The number of anilines is 2. The van der Waals surface area contributed by atoms with Gasteiger partial charge in [0, 0.05) is 30.1 Å². The van der Waals surface area contributed by atoms with Gasteiger partial charge in [-0.05, 0) is 50.2 Å². The monoisotopic (exact) mass is 489 g/mol. The number of hydrogen-bond acceptors (Lipinski definition) is 7. The lowest BCUT2D eigenvalue weighted by Gasteiger charge is -2.12. The molecule has 0 aliphatic heterocycles. The van der Waals surface area contributed by atoms with Gasteiger partial charge in [0.2, 0.25) is 0 Å². The molecule has 3 heterocycles. The van der Waals surface area contributed by atoms with Crippen LogP contribution in [0.4, 0.5) is 11.5 Å². The summed E-state index contributed by atoms with van der Waals surface area (Å²) in [4.78, 5) is 13.9. The lowest BCUT2D eigenvalue weighted by Crippen LogP contribution is -2.01. The molecular formula is C25H24ClN7O2. The van der Waals surface area contributed by atoms with Gasteiger partial charge in [0.05, 0.1) is 24.8 Å². The van der Waals surface area contributed by atoms with E-state index in [0.717, 1.165) is 39.5 Å². The number of aromatic nitrogens is 6. The molecule has 0 radical (unpaired) electrons. The number of halogens is 1. The highest BCUT2D eigenvalue weighted by Crippen LogP contribution is 2.34. The van der Waals surface area contributed by atoms with Crippen LogP contribution in [0, 0.1) is 13.8 Å². The van der Waals surface area contributed by atoms with E-state index in [1.54, 1.807) is 25.2 Å².